The number of amides is 1. The fraction of sp³-hybridized carbons (Fsp3) is 0.625. The van der Waals surface area contributed by atoms with Crippen LogP contribution in [0.1, 0.15) is 36.2 Å². The van der Waals surface area contributed by atoms with Gasteiger partial charge in [0, 0.05) is 18.0 Å². The van der Waals surface area contributed by atoms with Gasteiger partial charge in [-0.3, -0.25) is 14.5 Å². The van der Waals surface area contributed by atoms with Crippen molar-refractivity contribution < 1.29 is 14.7 Å². The van der Waals surface area contributed by atoms with E-state index in [2.05, 4.69) is 18.4 Å². The lowest BCUT2D eigenvalue weighted by atomic mass is 9.97. The van der Waals surface area contributed by atoms with Crippen LogP contribution < -0.4 is 0 Å². The molecule has 2 atom stereocenters. The monoisotopic (exact) mass is 358 g/mol. The molecule has 1 N–H and O–H groups in total. The molecule has 128 valence electrons. The van der Waals surface area contributed by atoms with Crippen LogP contribution >= 0.6 is 23.7 Å². The molecule has 7 heteroatoms. The standard InChI is InChI=1S/C16H22N2O3S.ClH/c1-2-13-12-5-8-22-14(12)4-7-18(13)15(19)10-17-6-3-11(9-17)16(20)21;/h5,8,11,13H,2-4,6-7,9-10H2,1H3,(H,20,21);1H. The van der Waals surface area contributed by atoms with Gasteiger partial charge < -0.3 is 10.0 Å². The maximum atomic E-state index is 12.7. The highest BCUT2D eigenvalue weighted by Crippen LogP contribution is 2.35. The van der Waals surface area contributed by atoms with Crippen LogP contribution in [0.15, 0.2) is 11.4 Å². The fourth-order valence-corrected chi connectivity index (χ4v) is 4.52. The number of carbonyl (C=O) groups excluding carboxylic acids is 1. The highest BCUT2D eigenvalue weighted by atomic mass is 35.5. The second-order valence-corrected chi connectivity index (χ2v) is 7.12. The number of carbonyl (C=O) groups is 2. The van der Waals surface area contributed by atoms with E-state index in [1.807, 2.05) is 9.80 Å². The summed E-state index contributed by atoms with van der Waals surface area (Å²) in [5, 5.41) is 11.2. The van der Waals surface area contributed by atoms with Crippen LogP contribution in [0.4, 0.5) is 0 Å². The first-order valence-corrected chi connectivity index (χ1v) is 8.79. The van der Waals surface area contributed by atoms with Gasteiger partial charge in [0.2, 0.25) is 5.91 Å². The van der Waals surface area contributed by atoms with Gasteiger partial charge in [-0.1, -0.05) is 6.92 Å². The number of thiophene rings is 1. The summed E-state index contributed by atoms with van der Waals surface area (Å²) in [5.41, 5.74) is 1.30. The van der Waals surface area contributed by atoms with Crippen LogP contribution in [-0.2, 0) is 16.0 Å². The number of carboxylic acid groups (broad SMARTS) is 1. The van der Waals surface area contributed by atoms with Crippen molar-refractivity contribution in [3.8, 4) is 0 Å². The molecule has 0 saturated carbocycles. The van der Waals surface area contributed by atoms with Gasteiger partial charge in [0.25, 0.3) is 0 Å². The molecule has 0 bridgehead atoms. The Labute approximate surface area is 146 Å². The Morgan fingerprint density at radius 1 is 1.39 bits per heavy atom. The predicted octanol–water partition coefficient (Wildman–Crippen LogP) is 2.41. The normalized spacial score (nSPS) is 24.1. The maximum Gasteiger partial charge on any atom is 0.307 e. The van der Waals surface area contributed by atoms with Gasteiger partial charge in [-0.25, -0.2) is 0 Å². The van der Waals surface area contributed by atoms with Crippen molar-refractivity contribution in [3.05, 3.63) is 21.9 Å². The van der Waals surface area contributed by atoms with Crippen molar-refractivity contribution in [2.75, 3.05) is 26.2 Å². The quantitative estimate of drug-likeness (QED) is 0.897. The third kappa shape index (κ3) is 3.70. The van der Waals surface area contributed by atoms with Crippen LogP contribution in [0.25, 0.3) is 0 Å². The molecule has 0 spiro atoms. The van der Waals surface area contributed by atoms with E-state index in [-0.39, 0.29) is 30.3 Å². The lowest BCUT2D eigenvalue weighted by molar-refractivity contribution is -0.142. The first-order chi connectivity index (χ1) is 10.6. The second kappa shape index (κ2) is 7.64. The van der Waals surface area contributed by atoms with E-state index < -0.39 is 5.97 Å². The van der Waals surface area contributed by atoms with E-state index in [0.717, 1.165) is 19.4 Å². The lowest BCUT2D eigenvalue weighted by Crippen LogP contribution is -2.44. The number of hydrogen-bond donors (Lipinski definition) is 1. The summed E-state index contributed by atoms with van der Waals surface area (Å²) < 4.78 is 0. The maximum absolute atomic E-state index is 12.7. The fourth-order valence-electron chi connectivity index (χ4n) is 3.60. The molecule has 1 saturated heterocycles. The Hall–Kier alpha value is -1.11. The molecule has 5 nitrogen and oxygen atoms in total. The van der Waals surface area contributed by atoms with Gasteiger partial charge in [-0.05, 0) is 42.8 Å². The number of rotatable bonds is 4. The third-order valence-corrected chi connectivity index (χ3v) is 5.78. The summed E-state index contributed by atoms with van der Waals surface area (Å²) in [4.78, 5) is 29.1. The lowest BCUT2D eigenvalue weighted by Gasteiger charge is -2.36. The molecule has 0 radical (unpaired) electrons. The molecule has 1 amide bonds. The molecule has 1 fully saturated rings. The minimum atomic E-state index is -0.748. The molecule has 3 rings (SSSR count). The van der Waals surface area contributed by atoms with Gasteiger partial charge in [0.15, 0.2) is 0 Å². The Kier molecular flexibility index (Phi) is 6.06. The zero-order valence-corrected chi connectivity index (χ0v) is 14.9. The average molecular weight is 359 g/mol. The Morgan fingerprint density at radius 2 is 2.17 bits per heavy atom. The van der Waals surface area contributed by atoms with E-state index >= 15 is 0 Å². The van der Waals surface area contributed by atoms with Gasteiger partial charge in [-0.2, -0.15) is 0 Å². The van der Waals surface area contributed by atoms with E-state index in [1.54, 1.807) is 11.3 Å². The minimum absolute atomic E-state index is 0. The summed E-state index contributed by atoms with van der Waals surface area (Å²) in [6, 6.07) is 2.32. The number of fused-ring (bicyclic) bond motifs is 1. The number of hydrogen-bond acceptors (Lipinski definition) is 4. The summed E-state index contributed by atoms with van der Waals surface area (Å²) >= 11 is 1.78. The van der Waals surface area contributed by atoms with Crippen LogP contribution in [0.3, 0.4) is 0 Å². The number of likely N-dealkylation sites (tertiary alicyclic amines) is 1. The Bertz CT molecular complexity index is 577. The molecule has 2 unspecified atom stereocenters. The molecule has 0 aliphatic carbocycles. The Balaban J connectivity index is 0.00000192. The summed E-state index contributed by atoms with van der Waals surface area (Å²) in [6.45, 7) is 4.45. The van der Waals surface area contributed by atoms with Crippen molar-refractivity contribution >= 4 is 35.6 Å². The molecule has 3 heterocycles. The van der Waals surface area contributed by atoms with Crippen molar-refractivity contribution in [1.29, 1.82) is 0 Å². The highest BCUT2D eigenvalue weighted by Gasteiger charge is 2.33. The highest BCUT2D eigenvalue weighted by molar-refractivity contribution is 7.10. The smallest absolute Gasteiger partial charge is 0.307 e. The first-order valence-electron chi connectivity index (χ1n) is 7.91. The van der Waals surface area contributed by atoms with E-state index in [4.69, 9.17) is 5.11 Å². The van der Waals surface area contributed by atoms with Crippen molar-refractivity contribution in [2.24, 2.45) is 5.92 Å². The molecule has 2 aliphatic heterocycles. The van der Waals surface area contributed by atoms with Crippen LogP contribution in [0, 0.1) is 5.92 Å². The predicted molar refractivity (Wildman–Crippen MR) is 92.2 cm³/mol. The Morgan fingerprint density at radius 3 is 2.83 bits per heavy atom. The van der Waals surface area contributed by atoms with Gasteiger partial charge in [0.05, 0.1) is 18.5 Å². The number of carboxylic acids is 1. The van der Waals surface area contributed by atoms with Gasteiger partial charge in [-0.15, -0.1) is 23.7 Å². The van der Waals surface area contributed by atoms with Gasteiger partial charge in [0.1, 0.15) is 0 Å². The minimum Gasteiger partial charge on any atom is -0.481 e. The molecule has 1 aromatic rings. The second-order valence-electron chi connectivity index (χ2n) is 6.12. The third-order valence-electron chi connectivity index (χ3n) is 4.78. The largest absolute Gasteiger partial charge is 0.481 e. The van der Waals surface area contributed by atoms with E-state index in [0.29, 0.717) is 26.1 Å². The number of nitrogens with zero attached hydrogens (tertiary/aromatic N) is 2. The van der Waals surface area contributed by atoms with Gasteiger partial charge >= 0.3 is 5.97 Å². The average Bonchev–Trinajstić information content (AvgIpc) is 3.14. The molecule has 0 aromatic carbocycles. The SMILES string of the molecule is CCC1c2ccsc2CCN1C(=O)CN1CCC(C(=O)O)C1.Cl. The van der Waals surface area contributed by atoms with E-state index in [1.165, 1.54) is 10.4 Å². The molecular formula is C16H23ClN2O3S. The number of aliphatic carboxylic acids is 1. The molecule has 23 heavy (non-hydrogen) atoms. The first kappa shape index (κ1) is 18.2. The summed E-state index contributed by atoms with van der Waals surface area (Å²) in [7, 11) is 0. The van der Waals surface area contributed by atoms with Crippen LogP contribution in [0.5, 0.6) is 0 Å². The number of halogens is 1. The van der Waals surface area contributed by atoms with E-state index in [9.17, 15) is 9.59 Å². The van der Waals surface area contributed by atoms with Crippen LogP contribution in [0.2, 0.25) is 0 Å². The van der Waals surface area contributed by atoms with Crippen molar-refractivity contribution in [3.63, 3.8) is 0 Å². The van der Waals surface area contributed by atoms with Crippen molar-refractivity contribution in [1.82, 2.24) is 9.80 Å². The molecular weight excluding hydrogens is 336 g/mol. The topological polar surface area (TPSA) is 60.9 Å². The summed E-state index contributed by atoms with van der Waals surface area (Å²) in [5.74, 6) is -0.934. The zero-order valence-electron chi connectivity index (χ0n) is 13.2. The van der Waals surface area contributed by atoms with Crippen LogP contribution in [-0.4, -0.2) is 53.0 Å². The molecule has 1 aromatic heterocycles. The summed E-state index contributed by atoms with van der Waals surface area (Å²) in [6.07, 6.45) is 2.51. The molecule has 2 aliphatic rings. The zero-order chi connectivity index (χ0) is 15.7. The van der Waals surface area contributed by atoms with Crippen molar-refractivity contribution in [2.45, 2.75) is 32.2 Å².